The van der Waals surface area contributed by atoms with Gasteiger partial charge in [0.1, 0.15) is 11.4 Å². The van der Waals surface area contributed by atoms with Gasteiger partial charge in [-0.1, -0.05) is 12.1 Å². The Balaban J connectivity index is 1.56. The number of carbonyl (C=O) groups excluding carboxylic acids is 1. The summed E-state index contributed by atoms with van der Waals surface area (Å²) in [6.07, 6.45) is 4.23. The van der Waals surface area contributed by atoms with E-state index in [1.807, 2.05) is 30.5 Å². The minimum absolute atomic E-state index is 0.293. The molecular formula is C16H18N4O2. The zero-order valence-electron chi connectivity index (χ0n) is 12.3. The number of hydrogen-bond donors (Lipinski definition) is 1. The second-order valence-electron chi connectivity index (χ2n) is 5.98. The molecule has 1 aromatic heterocycles. The smallest absolute Gasteiger partial charge is 0.407 e. The zero-order chi connectivity index (χ0) is 15.0. The third-order valence-corrected chi connectivity index (χ3v) is 4.52. The van der Waals surface area contributed by atoms with E-state index in [0.29, 0.717) is 6.54 Å². The number of amides is 1. The van der Waals surface area contributed by atoms with Crippen molar-refractivity contribution < 1.29 is 9.53 Å². The van der Waals surface area contributed by atoms with Crippen LogP contribution in [0.15, 0.2) is 30.5 Å². The maximum atomic E-state index is 11.4. The number of alkyl carbamates (subject to hydrolysis) is 1. The molecule has 0 aliphatic carbocycles. The molecule has 1 atom stereocenters. The van der Waals surface area contributed by atoms with Gasteiger partial charge in [-0.3, -0.25) is 4.98 Å². The molecule has 0 bridgehead atoms. The van der Waals surface area contributed by atoms with Crippen LogP contribution in [0, 0.1) is 0 Å². The summed E-state index contributed by atoms with van der Waals surface area (Å²) in [5, 5.41) is 2.78. The predicted molar refractivity (Wildman–Crippen MR) is 82.8 cm³/mol. The van der Waals surface area contributed by atoms with Gasteiger partial charge in [0, 0.05) is 19.5 Å². The minimum atomic E-state index is -0.337. The Kier molecular flexibility index (Phi) is 3.10. The number of anilines is 1. The third kappa shape index (κ3) is 2.34. The van der Waals surface area contributed by atoms with Crippen LogP contribution in [-0.4, -0.2) is 41.3 Å². The number of hydrogen-bond acceptors (Lipinski definition) is 5. The lowest BCUT2D eigenvalue weighted by atomic mass is 9.95. The van der Waals surface area contributed by atoms with E-state index in [1.54, 1.807) is 0 Å². The molecule has 114 valence electrons. The van der Waals surface area contributed by atoms with Gasteiger partial charge in [0.05, 0.1) is 23.8 Å². The number of carbonyl (C=O) groups is 1. The first-order valence-corrected chi connectivity index (χ1v) is 7.68. The lowest BCUT2D eigenvalue weighted by Gasteiger charge is -2.25. The number of aromatic nitrogens is 2. The highest BCUT2D eigenvalue weighted by Gasteiger charge is 2.41. The number of nitrogens with zero attached hydrogens (tertiary/aromatic N) is 3. The Morgan fingerprint density at radius 3 is 2.86 bits per heavy atom. The van der Waals surface area contributed by atoms with Gasteiger partial charge in [0.25, 0.3) is 0 Å². The second-order valence-corrected chi connectivity index (χ2v) is 5.98. The quantitative estimate of drug-likeness (QED) is 0.873. The van der Waals surface area contributed by atoms with E-state index in [-0.39, 0.29) is 11.7 Å². The Bertz CT molecular complexity index is 720. The fourth-order valence-corrected chi connectivity index (χ4v) is 3.28. The van der Waals surface area contributed by atoms with Crippen molar-refractivity contribution in [1.82, 2.24) is 15.3 Å². The second kappa shape index (κ2) is 5.12. The standard InChI is InChI=1S/C16H18N4O2/c21-15-18-11-16(22-15)6-3-8-20(9-7-16)14-10-17-12-4-1-2-5-13(12)19-14/h1-2,4-5,10H,3,6-9,11H2,(H,18,21)/t16-/m0/s1. The van der Waals surface area contributed by atoms with Crippen LogP contribution in [0.4, 0.5) is 10.6 Å². The van der Waals surface area contributed by atoms with Gasteiger partial charge < -0.3 is 15.0 Å². The van der Waals surface area contributed by atoms with Crippen molar-refractivity contribution in [3.8, 4) is 0 Å². The van der Waals surface area contributed by atoms with Crippen LogP contribution < -0.4 is 10.2 Å². The van der Waals surface area contributed by atoms with Crippen molar-refractivity contribution in [2.75, 3.05) is 24.5 Å². The fraction of sp³-hybridized carbons (Fsp3) is 0.438. The summed E-state index contributed by atoms with van der Waals surface area (Å²) in [5.41, 5.74) is 1.48. The normalized spacial score (nSPS) is 25.1. The van der Waals surface area contributed by atoms with Gasteiger partial charge in [-0.05, 0) is 25.0 Å². The van der Waals surface area contributed by atoms with Crippen LogP contribution in [-0.2, 0) is 4.74 Å². The molecule has 3 heterocycles. The molecule has 1 aromatic carbocycles. The predicted octanol–water partition coefficient (Wildman–Crippen LogP) is 2.10. The topological polar surface area (TPSA) is 67.4 Å². The van der Waals surface area contributed by atoms with Crippen molar-refractivity contribution in [3.05, 3.63) is 30.5 Å². The van der Waals surface area contributed by atoms with Gasteiger partial charge in [-0.2, -0.15) is 0 Å². The van der Waals surface area contributed by atoms with Gasteiger partial charge in [0.2, 0.25) is 0 Å². The molecule has 4 rings (SSSR count). The molecule has 2 saturated heterocycles. The molecule has 0 radical (unpaired) electrons. The molecule has 2 aromatic rings. The van der Waals surface area contributed by atoms with Gasteiger partial charge >= 0.3 is 6.09 Å². The van der Waals surface area contributed by atoms with E-state index in [4.69, 9.17) is 9.72 Å². The Morgan fingerprint density at radius 1 is 1.18 bits per heavy atom. The van der Waals surface area contributed by atoms with Crippen molar-refractivity contribution in [2.24, 2.45) is 0 Å². The fourth-order valence-electron chi connectivity index (χ4n) is 3.28. The van der Waals surface area contributed by atoms with Crippen LogP contribution in [0.5, 0.6) is 0 Å². The number of rotatable bonds is 1. The maximum absolute atomic E-state index is 11.4. The highest BCUT2D eigenvalue weighted by Crippen LogP contribution is 2.30. The molecule has 2 aliphatic heterocycles. The summed E-state index contributed by atoms with van der Waals surface area (Å²) in [6.45, 7) is 2.34. The zero-order valence-corrected chi connectivity index (χ0v) is 12.3. The van der Waals surface area contributed by atoms with Crippen molar-refractivity contribution >= 4 is 22.9 Å². The molecular weight excluding hydrogens is 280 g/mol. The lowest BCUT2D eigenvalue weighted by Crippen LogP contribution is -2.35. The van der Waals surface area contributed by atoms with Gasteiger partial charge in [-0.15, -0.1) is 0 Å². The molecule has 1 N–H and O–H groups in total. The first-order valence-electron chi connectivity index (χ1n) is 7.68. The molecule has 2 aliphatic rings. The van der Waals surface area contributed by atoms with E-state index in [0.717, 1.165) is 49.2 Å². The Hall–Kier alpha value is -2.37. The highest BCUT2D eigenvalue weighted by molar-refractivity contribution is 5.75. The van der Waals surface area contributed by atoms with Crippen LogP contribution in [0.2, 0.25) is 0 Å². The summed E-state index contributed by atoms with van der Waals surface area (Å²) < 4.78 is 5.51. The SMILES string of the molecule is O=C1NC[C@@]2(CCCN(c3cnc4ccccc4n3)CC2)O1. The average molecular weight is 298 g/mol. The van der Waals surface area contributed by atoms with E-state index < -0.39 is 0 Å². The largest absolute Gasteiger partial charge is 0.441 e. The van der Waals surface area contributed by atoms with Crippen LogP contribution in [0.1, 0.15) is 19.3 Å². The molecule has 1 amide bonds. The summed E-state index contributed by atoms with van der Waals surface area (Å²) in [7, 11) is 0. The van der Waals surface area contributed by atoms with Gasteiger partial charge in [-0.25, -0.2) is 9.78 Å². The molecule has 2 fully saturated rings. The number of nitrogens with one attached hydrogen (secondary N) is 1. The Labute approximate surface area is 128 Å². The first-order chi connectivity index (χ1) is 10.7. The molecule has 0 unspecified atom stereocenters. The minimum Gasteiger partial charge on any atom is -0.441 e. The maximum Gasteiger partial charge on any atom is 0.407 e. The summed E-state index contributed by atoms with van der Waals surface area (Å²) >= 11 is 0. The monoisotopic (exact) mass is 298 g/mol. The number of benzene rings is 1. The van der Waals surface area contributed by atoms with Crippen LogP contribution >= 0.6 is 0 Å². The Morgan fingerprint density at radius 2 is 2.05 bits per heavy atom. The molecule has 22 heavy (non-hydrogen) atoms. The summed E-state index contributed by atoms with van der Waals surface area (Å²) in [4.78, 5) is 22.8. The molecule has 1 spiro atoms. The number of ether oxygens (including phenoxy) is 1. The van der Waals surface area contributed by atoms with Crippen molar-refractivity contribution in [1.29, 1.82) is 0 Å². The van der Waals surface area contributed by atoms with E-state index in [2.05, 4.69) is 15.2 Å². The summed E-state index contributed by atoms with van der Waals surface area (Å²) in [6, 6.07) is 7.89. The van der Waals surface area contributed by atoms with Crippen molar-refractivity contribution in [2.45, 2.75) is 24.9 Å². The lowest BCUT2D eigenvalue weighted by molar-refractivity contribution is 0.0473. The first kappa shape index (κ1) is 13.3. The van der Waals surface area contributed by atoms with E-state index in [9.17, 15) is 4.79 Å². The van der Waals surface area contributed by atoms with E-state index >= 15 is 0 Å². The number of fused-ring (bicyclic) bond motifs is 1. The number of para-hydroxylation sites is 2. The molecule has 6 nitrogen and oxygen atoms in total. The van der Waals surface area contributed by atoms with E-state index in [1.165, 1.54) is 0 Å². The third-order valence-electron chi connectivity index (χ3n) is 4.52. The molecule has 6 heteroatoms. The highest BCUT2D eigenvalue weighted by atomic mass is 16.6. The van der Waals surface area contributed by atoms with Crippen LogP contribution in [0.25, 0.3) is 11.0 Å². The molecule has 0 saturated carbocycles. The van der Waals surface area contributed by atoms with Crippen LogP contribution in [0.3, 0.4) is 0 Å². The van der Waals surface area contributed by atoms with Gasteiger partial charge in [0.15, 0.2) is 0 Å². The van der Waals surface area contributed by atoms with Crippen molar-refractivity contribution in [3.63, 3.8) is 0 Å². The average Bonchev–Trinajstić information content (AvgIpc) is 2.78. The summed E-state index contributed by atoms with van der Waals surface area (Å²) in [5.74, 6) is 0.896.